The number of amides is 1. The summed E-state index contributed by atoms with van der Waals surface area (Å²) in [6.45, 7) is 1.86. The summed E-state index contributed by atoms with van der Waals surface area (Å²) in [5, 5.41) is 2.05. The molecule has 1 aromatic carbocycles. The fourth-order valence-electron chi connectivity index (χ4n) is 3.29. The smallest absolute Gasteiger partial charge is 0.232 e. The van der Waals surface area contributed by atoms with Gasteiger partial charge in [-0.2, -0.15) is 11.8 Å². The lowest BCUT2D eigenvalue weighted by Crippen LogP contribution is -2.33. The molecule has 2 unspecified atom stereocenters. The molecule has 3 nitrogen and oxygen atoms in total. The summed E-state index contributed by atoms with van der Waals surface area (Å²) in [5.41, 5.74) is 1.22. The third-order valence-corrected chi connectivity index (χ3v) is 8.42. The standard InChI is InChI=1S/C21H33ClN2OS2/c1-23(2)13-8-14-24(3)21(25)16-27-20-12-7-6-11-19(20)26-15-17-9-4-5-10-18(17)22/h4-5,9-10,19-20H,6-8,11-16H2,1-3H3. The maximum Gasteiger partial charge on any atom is 0.232 e. The first-order valence-corrected chi connectivity index (χ1v) is 12.3. The molecule has 27 heavy (non-hydrogen) atoms. The van der Waals surface area contributed by atoms with Gasteiger partial charge in [0.2, 0.25) is 5.91 Å². The molecule has 1 aliphatic carbocycles. The molecule has 1 aromatic rings. The van der Waals surface area contributed by atoms with Gasteiger partial charge in [-0.05, 0) is 51.5 Å². The zero-order chi connectivity index (χ0) is 19.6. The first-order valence-electron chi connectivity index (χ1n) is 9.82. The molecule has 152 valence electrons. The van der Waals surface area contributed by atoms with Crippen LogP contribution in [0.1, 0.15) is 37.7 Å². The van der Waals surface area contributed by atoms with Crippen molar-refractivity contribution >= 4 is 41.0 Å². The molecule has 0 saturated heterocycles. The predicted molar refractivity (Wildman–Crippen MR) is 122 cm³/mol. The summed E-state index contributed by atoms with van der Waals surface area (Å²) >= 11 is 10.2. The number of nitrogens with zero attached hydrogens (tertiary/aromatic N) is 2. The molecule has 0 N–H and O–H groups in total. The van der Waals surface area contributed by atoms with E-state index in [4.69, 9.17) is 11.6 Å². The molecule has 0 heterocycles. The Morgan fingerprint density at radius 1 is 1.07 bits per heavy atom. The number of carbonyl (C=O) groups is 1. The van der Waals surface area contributed by atoms with Gasteiger partial charge in [0.25, 0.3) is 0 Å². The number of rotatable bonds is 10. The Morgan fingerprint density at radius 3 is 2.41 bits per heavy atom. The first-order chi connectivity index (χ1) is 13.0. The zero-order valence-corrected chi connectivity index (χ0v) is 19.2. The zero-order valence-electron chi connectivity index (χ0n) is 16.8. The molecule has 6 heteroatoms. The van der Waals surface area contributed by atoms with Gasteiger partial charge in [-0.1, -0.05) is 42.6 Å². The second-order valence-electron chi connectivity index (χ2n) is 7.55. The second-order valence-corrected chi connectivity index (χ2v) is 10.4. The van der Waals surface area contributed by atoms with Crippen LogP contribution in [0.25, 0.3) is 0 Å². The topological polar surface area (TPSA) is 23.6 Å². The minimum atomic E-state index is 0.263. The highest BCUT2D eigenvalue weighted by Gasteiger charge is 2.27. The summed E-state index contributed by atoms with van der Waals surface area (Å²) in [4.78, 5) is 16.5. The molecule has 0 aromatic heterocycles. The number of hydrogen-bond donors (Lipinski definition) is 0. The number of benzene rings is 1. The van der Waals surface area contributed by atoms with Crippen molar-refractivity contribution in [3.8, 4) is 0 Å². The van der Waals surface area contributed by atoms with E-state index in [0.717, 1.165) is 30.3 Å². The molecule has 2 rings (SSSR count). The first kappa shape index (κ1) is 22.9. The van der Waals surface area contributed by atoms with Crippen LogP contribution < -0.4 is 0 Å². The van der Waals surface area contributed by atoms with Gasteiger partial charge in [0.15, 0.2) is 0 Å². The van der Waals surface area contributed by atoms with Crippen LogP contribution in [-0.2, 0) is 10.5 Å². The Labute approximate surface area is 178 Å². The van der Waals surface area contributed by atoms with Crippen molar-refractivity contribution in [2.24, 2.45) is 0 Å². The minimum Gasteiger partial charge on any atom is -0.345 e. The van der Waals surface area contributed by atoms with Gasteiger partial charge in [0.05, 0.1) is 5.75 Å². The van der Waals surface area contributed by atoms with Crippen molar-refractivity contribution in [3.63, 3.8) is 0 Å². The van der Waals surface area contributed by atoms with Crippen LogP contribution in [0.4, 0.5) is 0 Å². The molecule has 1 aliphatic rings. The average molecular weight is 429 g/mol. The van der Waals surface area contributed by atoms with Crippen LogP contribution in [0.5, 0.6) is 0 Å². The molecule has 0 aliphatic heterocycles. The third kappa shape index (κ3) is 8.26. The van der Waals surface area contributed by atoms with E-state index < -0.39 is 0 Å². The molecular weight excluding hydrogens is 396 g/mol. The largest absolute Gasteiger partial charge is 0.345 e. The summed E-state index contributed by atoms with van der Waals surface area (Å²) < 4.78 is 0. The maximum absolute atomic E-state index is 12.5. The summed E-state index contributed by atoms with van der Waals surface area (Å²) in [5.74, 6) is 1.82. The van der Waals surface area contributed by atoms with Gasteiger partial charge >= 0.3 is 0 Å². The summed E-state index contributed by atoms with van der Waals surface area (Å²) in [6.07, 6.45) is 6.09. The van der Waals surface area contributed by atoms with Gasteiger partial charge < -0.3 is 9.80 Å². The van der Waals surface area contributed by atoms with Gasteiger partial charge in [-0.15, -0.1) is 11.8 Å². The van der Waals surface area contributed by atoms with Crippen molar-refractivity contribution in [3.05, 3.63) is 34.9 Å². The van der Waals surface area contributed by atoms with E-state index in [9.17, 15) is 4.79 Å². The van der Waals surface area contributed by atoms with Crippen LogP contribution in [0.3, 0.4) is 0 Å². The Hall–Kier alpha value is -0.360. The molecular formula is C21H33ClN2OS2. The fourth-order valence-corrected chi connectivity index (χ4v) is 6.64. The molecule has 2 atom stereocenters. The van der Waals surface area contributed by atoms with Crippen LogP contribution >= 0.6 is 35.1 Å². The summed E-state index contributed by atoms with van der Waals surface area (Å²) in [7, 11) is 6.07. The second kappa shape index (κ2) is 12.3. The van der Waals surface area contributed by atoms with Crippen LogP contribution in [-0.4, -0.2) is 66.2 Å². The van der Waals surface area contributed by atoms with E-state index >= 15 is 0 Å². The number of carbonyl (C=O) groups excluding carboxylic acids is 1. The molecule has 1 fully saturated rings. The van der Waals surface area contributed by atoms with Crippen LogP contribution in [0, 0.1) is 0 Å². The van der Waals surface area contributed by atoms with E-state index in [1.807, 2.05) is 47.6 Å². The van der Waals surface area contributed by atoms with E-state index in [-0.39, 0.29) is 5.91 Å². The monoisotopic (exact) mass is 428 g/mol. The Balaban J connectivity index is 1.77. The molecule has 0 spiro atoms. The number of halogens is 1. The highest BCUT2D eigenvalue weighted by molar-refractivity contribution is 8.03. The van der Waals surface area contributed by atoms with Crippen molar-refractivity contribution < 1.29 is 4.79 Å². The Bertz CT molecular complexity index is 585. The van der Waals surface area contributed by atoms with Gasteiger partial charge in [0, 0.05) is 34.9 Å². The van der Waals surface area contributed by atoms with Gasteiger partial charge in [0.1, 0.15) is 0 Å². The van der Waals surface area contributed by atoms with E-state index in [1.54, 1.807) is 0 Å². The highest BCUT2D eigenvalue weighted by Crippen LogP contribution is 2.38. The predicted octanol–water partition coefficient (Wildman–Crippen LogP) is 5.03. The van der Waals surface area contributed by atoms with E-state index in [0.29, 0.717) is 16.3 Å². The maximum atomic E-state index is 12.5. The minimum absolute atomic E-state index is 0.263. The SMILES string of the molecule is CN(C)CCCN(C)C(=O)CSC1CCCCC1SCc1ccccc1Cl. The van der Waals surface area contributed by atoms with Gasteiger partial charge in [-0.25, -0.2) is 0 Å². The molecule has 0 bridgehead atoms. The lowest BCUT2D eigenvalue weighted by molar-refractivity contribution is -0.127. The normalized spacial score (nSPS) is 20.0. The van der Waals surface area contributed by atoms with E-state index in [2.05, 4.69) is 31.1 Å². The van der Waals surface area contributed by atoms with Crippen molar-refractivity contribution in [1.29, 1.82) is 0 Å². The van der Waals surface area contributed by atoms with Crippen LogP contribution in [0.2, 0.25) is 5.02 Å². The number of thioether (sulfide) groups is 2. The lowest BCUT2D eigenvalue weighted by Gasteiger charge is -2.31. The Kier molecular flexibility index (Phi) is 10.4. The number of hydrogen-bond acceptors (Lipinski definition) is 4. The third-order valence-electron chi connectivity index (χ3n) is 5.00. The van der Waals surface area contributed by atoms with Crippen LogP contribution in [0.15, 0.2) is 24.3 Å². The molecule has 1 amide bonds. The van der Waals surface area contributed by atoms with Crippen molar-refractivity contribution in [2.45, 2.75) is 48.4 Å². The average Bonchev–Trinajstić information content (AvgIpc) is 2.65. The summed E-state index contributed by atoms with van der Waals surface area (Å²) in [6, 6.07) is 8.12. The van der Waals surface area contributed by atoms with Crippen molar-refractivity contribution in [1.82, 2.24) is 9.80 Å². The quantitative estimate of drug-likeness (QED) is 0.521. The lowest BCUT2D eigenvalue weighted by atomic mass is 10.00. The van der Waals surface area contributed by atoms with Crippen molar-refractivity contribution in [2.75, 3.05) is 40.0 Å². The fraction of sp³-hybridized carbons (Fsp3) is 0.667. The molecule has 0 radical (unpaired) electrons. The Morgan fingerprint density at radius 2 is 1.74 bits per heavy atom. The van der Waals surface area contributed by atoms with Gasteiger partial charge in [-0.3, -0.25) is 4.79 Å². The molecule has 1 saturated carbocycles. The highest BCUT2D eigenvalue weighted by atomic mass is 35.5. The van der Waals surface area contributed by atoms with E-state index in [1.165, 1.54) is 31.2 Å².